The molecule has 2 heterocycles. The van der Waals surface area contributed by atoms with Crippen molar-refractivity contribution in [1.29, 1.82) is 0 Å². The largest absolute Gasteiger partial charge is 0.485 e. The molecule has 0 bridgehead atoms. The summed E-state index contributed by atoms with van der Waals surface area (Å²) in [7, 11) is 0. The molecule has 7 heteroatoms. The van der Waals surface area contributed by atoms with E-state index in [4.69, 9.17) is 4.74 Å². The van der Waals surface area contributed by atoms with Gasteiger partial charge < -0.3 is 10.1 Å². The first kappa shape index (κ1) is 20.0. The standard InChI is InChI=1S/C25H20N4O2S/c1-17-27-22-13-18(11-12-23(22)29(17)20-7-3-2-4-8-20)25(30)28-21-9-5-6-10-24(21)31-14-19-15-32-16-26-19/h2-13,15-16H,14H2,1H3,(H,28,30). The van der Waals surface area contributed by atoms with Crippen molar-refractivity contribution < 1.29 is 9.53 Å². The van der Waals surface area contributed by atoms with E-state index < -0.39 is 0 Å². The minimum Gasteiger partial charge on any atom is -0.485 e. The van der Waals surface area contributed by atoms with Gasteiger partial charge >= 0.3 is 0 Å². The van der Waals surface area contributed by atoms with Crippen LogP contribution < -0.4 is 10.1 Å². The van der Waals surface area contributed by atoms with Gasteiger partial charge in [-0.15, -0.1) is 11.3 Å². The fraction of sp³-hybridized carbons (Fsp3) is 0.0800. The van der Waals surface area contributed by atoms with Crippen LogP contribution in [0.5, 0.6) is 5.75 Å². The predicted molar refractivity (Wildman–Crippen MR) is 127 cm³/mol. The molecule has 158 valence electrons. The molecule has 0 aliphatic heterocycles. The molecule has 1 N–H and O–H groups in total. The molecule has 0 saturated carbocycles. The Bertz CT molecular complexity index is 1380. The number of rotatable bonds is 6. The third kappa shape index (κ3) is 3.98. The third-order valence-corrected chi connectivity index (χ3v) is 5.73. The van der Waals surface area contributed by atoms with Gasteiger partial charge in [0.2, 0.25) is 0 Å². The second kappa shape index (κ2) is 8.64. The van der Waals surface area contributed by atoms with E-state index in [1.807, 2.05) is 85.1 Å². The second-order valence-corrected chi connectivity index (χ2v) is 7.97. The number of fused-ring (bicyclic) bond motifs is 1. The monoisotopic (exact) mass is 440 g/mol. The molecule has 0 unspecified atom stereocenters. The molecule has 0 saturated heterocycles. The van der Waals surface area contributed by atoms with E-state index in [2.05, 4.69) is 19.9 Å². The van der Waals surface area contributed by atoms with E-state index in [1.54, 1.807) is 5.51 Å². The van der Waals surface area contributed by atoms with E-state index in [0.29, 0.717) is 23.6 Å². The van der Waals surface area contributed by atoms with Gasteiger partial charge in [-0.3, -0.25) is 9.36 Å². The smallest absolute Gasteiger partial charge is 0.255 e. The number of aromatic nitrogens is 3. The van der Waals surface area contributed by atoms with Crippen LogP contribution in [0.15, 0.2) is 83.7 Å². The number of aryl methyl sites for hydroxylation is 1. The lowest BCUT2D eigenvalue weighted by molar-refractivity contribution is 0.102. The van der Waals surface area contributed by atoms with Gasteiger partial charge in [-0.2, -0.15) is 0 Å². The normalized spacial score (nSPS) is 10.9. The number of benzene rings is 3. The molecule has 6 nitrogen and oxygen atoms in total. The van der Waals surface area contributed by atoms with Crippen LogP contribution in [0, 0.1) is 6.92 Å². The Kier molecular flexibility index (Phi) is 5.39. The molecule has 32 heavy (non-hydrogen) atoms. The van der Waals surface area contributed by atoms with Crippen LogP contribution in [-0.4, -0.2) is 20.4 Å². The summed E-state index contributed by atoms with van der Waals surface area (Å²) in [5, 5.41) is 4.90. The molecule has 0 aliphatic carbocycles. The molecule has 0 fully saturated rings. The predicted octanol–water partition coefficient (Wildman–Crippen LogP) is 5.62. The highest BCUT2D eigenvalue weighted by Crippen LogP contribution is 2.27. The van der Waals surface area contributed by atoms with Gasteiger partial charge in [0.25, 0.3) is 5.91 Å². The molecular formula is C25H20N4O2S. The molecule has 3 aromatic carbocycles. The number of para-hydroxylation sites is 3. The molecule has 0 radical (unpaired) electrons. The quantitative estimate of drug-likeness (QED) is 0.372. The summed E-state index contributed by atoms with van der Waals surface area (Å²) < 4.78 is 7.95. The zero-order chi connectivity index (χ0) is 21.9. The van der Waals surface area contributed by atoms with Gasteiger partial charge in [-0.05, 0) is 49.4 Å². The van der Waals surface area contributed by atoms with E-state index in [0.717, 1.165) is 28.2 Å². The molecule has 1 amide bonds. The number of anilines is 1. The lowest BCUT2D eigenvalue weighted by Gasteiger charge is -2.12. The topological polar surface area (TPSA) is 69.0 Å². The van der Waals surface area contributed by atoms with Crippen molar-refractivity contribution in [2.45, 2.75) is 13.5 Å². The Morgan fingerprint density at radius 1 is 1.06 bits per heavy atom. The van der Waals surface area contributed by atoms with Gasteiger partial charge in [0.1, 0.15) is 18.2 Å². The highest BCUT2D eigenvalue weighted by Gasteiger charge is 2.14. The maximum atomic E-state index is 13.0. The second-order valence-electron chi connectivity index (χ2n) is 7.25. The van der Waals surface area contributed by atoms with Gasteiger partial charge in [-0.1, -0.05) is 30.3 Å². The van der Waals surface area contributed by atoms with Gasteiger partial charge in [-0.25, -0.2) is 9.97 Å². The molecule has 2 aromatic heterocycles. The molecule has 0 aliphatic rings. The van der Waals surface area contributed by atoms with Crippen LogP contribution in [0.2, 0.25) is 0 Å². The maximum Gasteiger partial charge on any atom is 0.255 e. The average Bonchev–Trinajstić information content (AvgIpc) is 3.45. The summed E-state index contributed by atoms with van der Waals surface area (Å²) >= 11 is 1.52. The number of nitrogens with zero attached hydrogens (tertiary/aromatic N) is 3. The van der Waals surface area contributed by atoms with Gasteiger partial charge in [0.15, 0.2) is 0 Å². The van der Waals surface area contributed by atoms with Crippen LogP contribution in [0.3, 0.4) is 0 Å². The Labute approximate surface area is 189 Å². The number of ether oxygens (including phenoxy) is 1. The van der Waals surface area contributed by atoms with Crippen LogP contribution in [0.4, 0.5) is 5.69 Å². The number of hydrogen-bond acceptors (Lipinski definition) is 5. The minimum absolute atomic E-state index is 0.219. The number of carbonyl (C=O) groups is 1. The first-order chi connectivity index (χ1) is 15.7. The minimum atomic E-state index is -0.219. The Morgan fingerprint density at radius 3 is 2.69 bits per heavy atom. The molecule has 5 aromatic rings. The number of carbonyl (C=O) groups excluding carboxylic acids is 1. The van der Waals surface area contributed by atoms with E-state index in [-0.39, 0.29) is 5.91 Å². The highest BCUT2D eigenvalue weighted by molar-refractivity contribution is 7.07. The fourth-order valence-corrected chi connectivity index (χ4v) is 4.14. The van der Waals surface area contributed by atoms with Crippen molar-refractivity contribution in [1.82, 2.24) is 14.5 Å². The van der Waals surface area contributed by atoms with Gasteiger partial charge in [0.05, 0.1) is 27.9 Å². The van der Waals surface area contributed by atoms with Crippen LogP contribution in [0.25, 0.3) is 16.7 Å². The van der Waals surface area contributed by atoms with Crippen molar-refractivity contribution in [2.24, 2.45) is 0 Å². The van der Waals surface area contributed by atoms with Crippen molar-refractivity contribution in [3.05, 3.63) is 101 Å². The lowest BCUT2D eigenvalue weighted by Crippen LogP contribution is -2.13. The summed E-state index contributed by atoms with van der Waals surface area (Å²) in [6.07, 6.45) is 0. The lowest BCUT2D eigenvalue weighted by atomic mass is 10.1. The maximum absolute atomic E-state index is 13.0. The third-order valence-electron chi connectivity index (χ3n) is 5.09. The van der Waals surface area contributed by atoms with Crippen LogP contribution >= 0.6 is 11.3 Å². The summed E-state index contributed by atoms with van der Waals surface area (Å²) in [6, 6.07) is 23.0. The fourth-order valence-electron chi connectivity index (χ4n) is 3.60. The molecule has 0 atom stereocenters. The molecule has 0 spiro atoms. The van der Waals surface area contributed by atoms with E-state index in [1.165, 1.54) is 11.3 Å². The van der Waals surface area contributed by atoms with Crippen LogP contribution in [-0.2, 0) is 6.61 Å². The first-order valence-corrected chi connectivity index (χ1v) is 11.1. The van der Waals surface area contributed by atoms with E-state index in [9.17, 15) is 4.79 Å². The number of thiazole rings is 1. The number of amides is 1. The molecular weight excluding hydrogens is 420 g/mol. The Hall–Kier alpha value is -3.97. The summed E-state index contributed by atoms with van der Waals surface area (Å²) in [6.45, 7) is 2.31. The summed E-state index contributed by atoms with van der Waals surface area (Å²) in [5.74, 6) is 1.24. The Morgan fingerprint density at radius 2 is 1.88 bits per heavy atom. The number of imidazole rings is 1. The van der Waals surface area contributed by atoms with Crippen molar-refractivity contribution >= 4 is 34.0 Å². The zero-order valence-corrected chi connectivity index (χ0v) is 18.2. The SMILES string of the molecule is Cc1nc2cc(C(=O)Nc3ccccc3OCc3cscn3)ccc2n1-c1ccccc1. The summed E-state index contributed by atoms with van der Waals surface area (Å²) in [4.78, 5) is 21.9. The van der Waals surface area contributed by atoms with E-state index >= 15 is 0 Å². The van der Waals surface area contributed by atoms with Gasteiger partial charge in [0, 0.05) is 16.6 Å². The summed E-state index contributed by atoms with van der Waals surface area (Å²) in [5.41, 5.74) is 6.53. The Balaban J connectivity index is 1.39. The average molecular weight is 441 g/mol. The van der Waals surface area contributed by atoms with Crippen LogP contribution in [0.1, 0.15) is 21.9 Å². The van der Waals surface area contributed by atoms with Crippen molar-refractivity contribution in [2.75, 3.05) is 5.32 Å². The van der Waals surface area contributed by atoms with Crippen molar-refractivity contribution in [3.63, 3.8) is 0 Å². The molecule has 5 rings (SSSR count). The number of nitrogens with one attached hydrogen (secondary N) is 1. The highest BCUT2D eigenvalue weighted by atomic mass is 32.1. The number of hydrogen-bond donors (Lipinski definition) is 1. The zero-order valence-electron chi connectivity index (χ0n) is 17.4. The first-order valence-electron chi connectivity index (χ1n) is 10.1. The van der Waals surface area contributed by atoms with Crippen molar-refractivity contribution in [3.8, 4) is 11.4 Å².